The molecule has 0 aliphatic carbocycles. The van der Waals surface area contributed by atoms with Crippen LogP contribution in [-0.4, -0.2) is 40.1 Å². The highest BCUT2D eigenvalue weighted by atomic mass is 16.3. The molecule has 0 aromatic carbocycles. The molecule has 0 radical (unpaired) electrons. The van der Waals surface area contributed by atoms with Crippen molar-refractivity contribution >= 4 is 5.91 Å². The van der Waals surface area contributed by atoms with E-state index in [9.17, 15) is 4.79 Å². The second-order valence-corrected chi connectivity index (χ2v) is 4.00. The van der Waals surface area contributed by atoms with Gasteiger partial charge in [0.25, 0.3) is 5.91 Å². The van der Waals surface area contributed by atoms with Gasteiger partial charge >= 0.3 is 0 Å². The summed E-state index contributed by atoms with van der Waals surface area (Å²) in [5.74, 6) is -0.0865. The van der Waals surface area contributed by atoms with Crippen LogP contribution < -0.4 is 0 Å². The van der Waals surface area contributed by atoms with Crippen LogP contribution in [0.3, 0.4) is 0 Å². The highest BCUT2D eigenvalue weighted by Crippen LogP contribution is 2.07. The Morgan fingerprint density at radius 2 is 2.19 bits per heavy atom. The summed E-state index contributed by atoms with van der Waals surface area (Å²) < 4.78 is 0. The number of carbonyl (C=O) groups excluding carboxylic acids is 1. The Bertz CT molecular complexity index is 347. The summed E-state index contributed by atoms with van der Waals surface area (Å²) >= 11 is 0. The monoisotopic (exact) mass is 222 g/mol. The van der Waals surface area contributed by atoms with Gasteiger partial charge in [0.1, 0.15) is 0 Å². The molecule has 0 fully saturated rings. The number of nitrogens with zero attached hydrogens (tertiary/aromatic N) is 2. The zero-order chi connectivity index (χ0) is 12.1. The molecule has 1 N–H and O–H groups in total. The van der Waals surface area contributed by atoms with E-state index in [4.69, 9.17) is 5.11 Å². The molecule has 0 bridgehead atoms. The number of carbonyl (C=O) groups is 1. The molecule has 1 aromatic rings. The Labute approximate surface area is 95.9 Å². The summed E-state index contributed by atoms with van der Waals surface area (Å²) in [5.41, 5.74) is 1.45. The molecular weight excluding hydrogens is 204 g/mol. The summed E-state index contributed by atoms with van der Waals surface area (Å²) in [5, 5.41) is 8.92. The Balaban J connectivity index is 2.86. The second-order valence-electron chi connectivity index (χ2n) is 4.00. The van der Waals surface area contributed by atoms with Crippen LogP contribution in [0, 0.1) is 6.92 Å². The average Bonchev–Trinajstić information content (AvgIpc) is 2.25. The van der Waals surface area contributed by atoms with Gasteiger partial charge in [0.05, 0.1) is 12.2 Å². The van der Waals surface area contributed by atoms with Crippen LogP contribution in [0.1, 0.15) is 29.9 Å². The van der Waals surface area contributed by atoms with Crippen molar-refractivity contribution in [3.8, 4) is 0 Å². The van der Waals surface area contributed by atoms with E-state index in [1.54, 1.807) is 17.2 Å². The minimum absolute atomic E-state index is 0.0246. The molecule has 88 valence electrons. The van der Waals surface area contributed by atoms with Crippen LogP contribution in [0.5, 0.6) is 0 Å². The maximum absolute atomic E-state index is 12.1. The van der Waals surface area contributed by atoms with Gasteiger partial charge in [-0.25, -0.2) is 0 Å². The third kappa shape index (κ3) is 3.03. The maximum Gasteiger partial charge on any atom is 0.255 e. The number of aryl methyl sites for hydroxylation is 1. The molecule has 0 spiro atoms. The fraction of sp³-hybridized carbons (Fsp3) is 0.500. The third-order valence-corrected chi connectivity index (χ3v) is 2.38. The minimum atomic E-state index is -0.0865. The van der Waals surface area contributed by atoms with Crippen molar-refractivity contribution < 1.29 is 9.90 Å². The fourth-order valence-electron chi connectivity index (χ4n) is 1.46. The number of aliphatic hydroxyl groups excluding tert-OH is 1. The molecule has 1 amide bonds. The van der Waals surface area contributed by atoms with Crippen LogP contribution >= 0.6 is 0 Å². The molecule has 1 rings (SSSR count). The number of pyridine rings is 1. The predicted octanol–water partition coefficient (Wildman–Crippen LogP) is 1.23. The predicted molar refractivity (Wildman–Crippen MR) is 62.2 cm³/mol. The van der Waals surface area contributed by atoms with Crippen LogP contribution in [-0.2, 0) is 0 Å². The standard InChI is InChI=1S/C12H18N2O2/c1-9(2)14(6-7-15)12(16)11-5-4-10(3)13-8-11/h4-5,8-9,15H,6-7H2,1-3H3. The zero-order valence-electron chi connectivity index (χ0n) is 9.97. The molecule has 0 saturated carbocycles. The minimum Gasteiger partial charge on any atom is -0.395 e. The number of amides is 1. The number of hydrogen-bond acceptors (Lipinski definition) is 3. The SMILES string of the molecule is Cc1ccc(C(=O)N(CCO)C(C)C)cn1. The molecule has 1 aromatic heterocycles. The van der Waals surface area contributed by atoms with Gasteiger partial charge in [0.2, 0.25) is 0 Å². The Morgan fingerprint density at radius 1 is 1.50 bits per heavy atom. The highest BCUT2D eigenvalue weighted by molar-refractivity contribution is 5.94. The molecule has 16 heavy (non-hydrogen) atoms. The first-order valence-electron chi connectivity index (χ1n) is 5.40. The van der Waals surface area contributed by atoms with Crippen LogP contribution in [0.4, 0.5) is 0 Å². The zero-order valence-corrected chi connectivity index (χ0v) is 9.97. The molecule has 0 unspecified atom stereocenters. The van der Waals surface area contributed by atoms with E-state index in [0.29, 0.717) is 12.1 Å². The largest absolute Gasteiger partial charge is 0.395 e. The highest BCUT2D eigenvalue weighted by Gasteiger charge is 2.17. The van der Waals surface area contributed by atoms with Gasteiger partial charge in [-0.05, 0) is 32.9 Å². The van der Waals surface area contributed by atoms with Gasteiger partial charge < -0.3 is 10.0 Å². The van der Waals surface area contributed by atoms with E-state index in [2.05, 4.69) is 4.98 Å². The lowest BCUT2D eigenvalue weighted by Gasteiger charge is -2.25. The second kappa shape index (κ2) is 5.61. The molecule has 0 aliphatic heterocycles. The Kier molecular flexibility index (Phi) is 4.43. The molecule has 0 atom stereocenters. The van der Waals surface area contributed by atoms with E-state index < -0.39 is 0 Å². The number of aliphatic hydroxyl groups is 1. The van der Waals surface area contributed by atoms with Crippen molar-refractivity contribution in [1.29, 1.82) is 0 Å². The summed E-state index contributed by atoms with van der Waals surface area (Å²) in [6.07, 6.45) is 1.57. The quantitative estimate of drug-likeness (QED) is 0.833. The van der Waals surface area contributed by atoms with Gasteiger partial charge in [-0.15, -0.1) is 0 Å². The lowest BCUT2D eigenvalue weighted by molar-refractivity contribution is 0.0665. The van der Waals surface area contributed by atoms with Gasteiger partial charge in [0.15, 0.2) is 0 Å². The lowest BCUT2D eigenvalue weighted by atomic mass is 10.2. The summed E-state index contributed by atoms with van der Waals surface area (Å²) in [6, 6.07) is 3.64. The molecule has 4 heteroatoms. The van der Waals surface area contributed by atoms with Gasteiger partial charge in [0, 0.05) is 24.5 Å². The first-order chi connectivity index (χ1) is 7.56. The Hall–Kier alpha value is -1.42. The van der Waals surface area contributed by atoms with E-state index in [1.165, 1.54) is 0 Å². The molecule has 0 saturated heterocycles. The average molecular weight is 222 g/mol. The molecule has 1 heterocycles. The number of rotatable bonds is 4. The number of hydrogen-bond donors (Lipinski definition) is 1. The number of aromatic nitrogens is 1. The van der Waals surface area contributed by atoms with Crippen LogP contribution in [0.2, 0.25) is 0 Å². The maximum atomic E-state index is 12.1. The van der Waals surface area contributed by atoms with Crippen molar-refractivity contribution in [1.82, 2.24) is 9.88 Å². The van der Waals surface area contributed by atoms with Crippen molar-refractivity contribution in [2.24, 2.45) is 0 Å². The van der Waals surface area contributed by atoms with Crippen molar-refractivity contribution in [3.63, 3.8) is 0 Å². The third-order valence-electron chi connectivity index (χ3n) is 2.38. The van der Waals surface area contributed by atoms with Gasteiger partial charge in [-0.3, -0.25) is 9.78 Å². The molecule has 4 nitrogen and oxygen atoms in total. The summed E-state index contributed by atoms with van der Waals surface area (Å²) in [6.45, 7) is 6.06. The Morgan fingerprint density at radius 3 is 2.62 bits per heavy atom. The van der Waals surface area contributed by atoms with Crippen molar-refractivity contribution in [2.45, 2.75) is 26.8 Å². The first-order valence-corrected chi connectivity index (χ1v) is 5.40. The van der Waals surface area contributed by atoms with Gasteiger partial charge in [-0.2, -0.15) is 0 Å². The van der Waals surface area contributed by atoms with Crippen LogP contribution in [0.15, 0.2) is 18.3 Å². The van der Waals surface area contributed by atoms with E-state index in [0.717, 1.165) is 5.69 Å². The van der Waals surface area contributed by atoms with Crippen molar-refractivity contribution in [3.05, 3.63) is 29.6 Å². The molecule has 0 aliphatic rings. The van der Waals surface area contributed by atoms with Crippen molar-refractivity contribution in [2.75, 3.05) is 13.2 Å². The first kappa shape index (κ1) is 12.6. The smallest absolute Gasteiger partial charge is 0.255 e. The van der Waals surface area contributed by atoms with Crippen LogP contribution in [0.25, 0.3) is 0 Å². The molecular formula is C12H18N2O2. The summed E-state index contributed by atoms with van der Waals surface area (Å²) in [4.78, 5) is 17.8. The van der Waals surface area contributed by atoms with E-state index >= 15 is 0 Å². The van der Waals surface area contributed by atoms with Gasteiger partial charge in [-0.1, -0.05) is 0 Å². The van der Waals surface area contributed by atoms with E-state index in [-0.39, 0.29) is 18.6 Å². The summed E-state index contributed by atoms with van der Waals surface area (Å²) in [7, 11) is 0. The normalized spacial score (nSPS) is 10.6. The topological polar surface area (TPSA) is 53.4 Å². The fourth-order valence-corrected chi connectivity index (χ4v) is 1.46. The van der Waals surface area contributed by atoms with E-state index in [1.807, 2.05) is 26.8 Å². The lowest BCUT2D eigenvalue weighted by Crippen LogP contribution is -2.39.